The molecule has 0 saturated carbocycles. The van der Waals surface area contributed by atoms with Crippen molar-refractivity contribution in [3.8, 4) is 5.75 Å². The van der Waals surface area contributed by atoms with Crippen molar-refractivity contribution in [2.24, 2.45) is 0 Å². The van der Waals surface area contributed by atoms with Gasteiger partial charge >= 0.3 is 0 Å². The molecule has 0 aromatic heterocycles. The zero-order valence-electron chi connectivity index (χ0n) is 15.4. The van der Waals surface area contributed by atoms with Gasteiger partial charge < -0.3 is 9.64 Å². The van der Waals surface area contributed by atoms with Gasteiger partial charge in [-0.2, -0.15) is 11.8 Å². The lowest BCUT2D eigenvalue weighted by atomic mass is 10.1. The zero-order valence-corrected chi connectivity index (χ0v) is 16.2. The Labute approximate surface area is 160 Å². The van der Waals surface area contributed by atoms with Crippen LogP contribution in [-0.2, 0) is 0 Å². The number of amides is 1. The summed E-state index contributed by atoms with van der Waals surface area (Å²) in [4.78, 5) is 14.8. The molecule has 1 aliphatic rings. The smallest absolute Gasteiger partial charge is 0.253 e. The van der Waals surface area contributed by atoms with E-state index in [1.807, 2.05) is 40.9 Å². The average molecular weight is 370 g/mol. The van der Waals surface area contributed by atoms with Gasteiger partial charge in [-0.3, -0.25) is 4.79 Å². The van der Waals surface area contributed by atoms with E-state index >= 15 is 0 Å². The van der Waals surface area contributed by atoms with Crippen molar-refractivity contribution in [1.82, 2.24) is 4.90 Å². The number of carbonyl (C=O) groups is 1. The van der Waals surface area contributed by atoms with Gasteiger partial charge in [-0.25, -0.2) is 0 Å². The number of rotatable bonds is 6. The molecule has 1 fully saturated rings. The van der Waals surface area contributed by atoms with Crippen LogP contribution in [0.25, 0.3) is 0 Å². The topological polar surface area (TPSA) is 29.5 Å². The lowest BCUT2D eigenvalue weighted by molar-refractivity contribution is 0.0766. The van der Waals surface area contributed by atoms with Crippen LogP contribution in [0.4, 0.5) is 0 Å². The Balaban J connectivity index is 1.58. The van der Waals surface area contributed by atoms with Crippen LogP contribution in [0.5, 0.6) is 5.75 Å². The summed E-state index contributed by atoms with van der Waals surface area (Å²) in [6.07, 6.45) is 3.17. The number of unbranched alkanes of at least 4 members (excludes halogenated alkanes) is 1. The van der Waals surface area contributed by atoms with Gasteiger partial charge in [0, 0.05) is 29.7 Å². The van der Waals surface area contributed by atoms with E-state index in [0.29, 0.717) is 5.25 Å². The average Bonchev–Trinajstić information content (AvgIpc) is 2.95. The van der Waals surface area contributed by atoms with E-state index in [1.54, 1.807) is 0 Å². The number of hydrogen-bond donors (Lipinski definition) is 0. The summed E-state index contributed by atoms with van der Waals surface area (Å²) in [5.74, 6) is 1.94. The molecule has 4 heteroatoms. The van der Waals surface area contributed by atoms with E-state index in [2.05, 4.69) is 37.3 Å². The Morgan fingerprint density at radius 3 is 2.62 bits per heavy atom. The molecule has 3 nitrogen and oxygen atoms in total. The van der Waals surface area contributed by atoms with Crippen LogP contribution in [0.15, 0.2) is 54.6 Å². The van der Waals surface area contributed by atoms with Gasteiger partial charge in [0.25, 0.3) is 5.91 Å². The lowest BCUT2D eigenvalue weighted by Gasteiger charge is -2.20. The molecule has 2 aromatic rings. The summed E-state index contributed by atoms with van der Waals surface area (Å²) in [6.45, 7) is 4.49. The Hall–Kier alpha value is -1.94. The molecular weight excluding hydrogens is 342 g/mol. The van der Waals surface area contributed by atoms with Crippen molar-refractivity contribution in [3.05, 3.63) is 65.7 Å². The number of ether oxygens (including phenoxy) is 1. The first kappa shape index (κ1) is 18.8. The fourth-order valence-electron chi connectivity index (χ4n) is 3.12. The highest BCUT2D eigenvalue weighted by molar-refractivity contribution is 7.99. The lowest BCUT2D eigenvalue weighted by Crippen LogP contribution is -2.32. The normalized spacial score (nSPS) is 17.6. The second-order valence-electron chi connectivity index (χ2n) is 6.58. The van der Waals surface area contributed by atoms with E-state index < -0.39 is 0 Å². The largest absolute Gasteiger partial charge is 0.494 e. The van der Waals surface area contributed by atoms with E-state index in [-0.39, 0.29) is 5.91 Å². The molecule has 138 valence electrons. The van der Waals surface area contributed by atoms with Crippen LogP contribution in [0, 0.1) is 0 Å². The Morgan fingerprint density at radius 2 is 1.88 bits per heavy atom. The van der Waals surface area contributed by atoms with E-state index in [4.69, 9.17) is 4.74 Å². The first-order valence-corrected chi connectivity index (χ1v) is 10.5. The molecule has 0 spiro atoms. The monoisotopic (exact) mass is 369 g/mol. The minimum absolute atomic E-state index is 0.124. The van der Waals surface area contributed by atoms with Crippen molar-refractivity contribution in [2.75, 3.05) is 25.4 Å². The third-order valence-electron chi connectivity index (χ3n) is 4.67. The van der Waals surface area contributed by atoms with Crippen molar-refractivity contribution < 1.29 is 9.53 Å². The molecular formula is C22H27NO2S. The number of benzene rings is 2. The maximum absolute atomic E-state index is 12.8. The van der Waals surface area contributed by atoms with Gasteiger partial charge in [-0.15, -0.1) is 0 Å². The van der Waals surface area contributed by atoms with Crippen LogP contribution >= 0.6 is 11.8 Å². The summed E-state index contributed by atoms with van der Waals surface area (Å²) in [5, 5.41) is 0.475. The fourth-order valence-corrected chi connectivity index (χ4v) is 4.35. The Kier molecular flexibility index (Phi) is 7.01. The minimum Gasteiger partial charge on any atom is -0.494 e. The highest BCUT2D eigenvalue weighted by atomic mass is 32.2. The molecule has 26 heavy (non-hydrogen) atoms. The second kappa shape index (κ2) is 9.67. The second-order valence-corrected chi connectivity index (χ2v) is 7.89. The van der Waals surface area contributed by atoms with Gasteiger partial charge in [0.15, 0.2) is 0 Å². The molecule has 1 unspecified atom stereocenters. The van der Waals surface area contributed by atoms with E-state index in [1.165, 1.54) is 5.56 Å². The predicted octanol–water partition coefficient (Wildman–Crippen LogP) is 5.19. The quantitative estimate of drug-likeness (QED) is 0.657. The Morgan fingerprint density at radius 1 is 1.12 bits per heavy atom. The Bertz CT molecular complexity index is 687. The van der Waals surface area contributed by atoms with Crippen LogP contribution in [-0.4, -0.2) is 36.3 Å². The summed E-state index contributed by atoms with van der Waals surface area (Å²) in [7, 11) is 0. The molecule has 0 bridgehead atoms. The van der Waals surface area contributed by atoms with Crippen molar-refractivity contribution in [3.63, 3.8) is 0 Å². The molecule has 0 aliphatic carbocycles. The van der Waals surface area contributed by atoms with Crippen molar-refractivity contribution in [1.29, 1.82) is 0 Å². The molecule has 1 heterocycles. The van der Waals surface area contributed by atoms with Gasteiger partial charge in [0.2, 0.25) is 0 Å². The summed E-state index contributed by atoms with van der Waals surface area (Å²) in [6, 6.07) is 18.2. The van der Waals surface area contributed by atoms with Gasteiger partial charge in [0.1, 0.15) is 5.75 Å². The molecule has 1 amide bonds. The van der Waals surface area contributed by atoms with Crippen LogP contribution in [0.2, 0.25) is 0 Å². The SMILES string of the molecule is CCCCOc1ccc(C(=O)N2CCSC(c3ccccc3)CC2)cc1. The first-order chi connectivity index (χ1) is 12.8. The summed E-state index contributed by atoms with van der Waals surface area (Å²) >= 11 is 1.95. The first-order valence-electron chi connectivity index (χ1n) is 9.46. The van der Waals surface area contributed by atoms with E-state index in [9.17, 15) is 4.79 Å². The molecule has 1 atom stereocenters. The number of thioether (sulfide) groups is 1. The third-order valence-corrected chi connectivity index (χ3v) is 6.00. The minimum atomic E-state index is 0.124. The fraction of sp³-hybridized carbons (Fsp3) is 0.409. The maximum Gasteiger partial charge on any atom is 0.253 e. The highest BCUT2D eigenvalue weighted by Gasteiger charge is 2.22. The number of carbonyl (C=O) groups excluding carboxylic acids is 1. The predicted molar refractivity (Wildman–Crippen MR) is 109 cm³/mol. The van der Waals surface area contributed by atoms with Crippen molar-refractivity contribution >= 4 is 17.7 Å². The number of nitrogens with zero attached hydrogens (tertiary/aromatic N) is 1. The van der Waals surface area contributed by atoms with Crippen molar-refractivity contribution in [2.45, 2.75) is 31.4 Å². The van der Waals surface area contributed by atoms with Crippen LogP contribution in [0.1, 0.15) is 47.4 Å². The molecule has 1 saturated heterocycles. The maximum atomic E-state index is 12.8. The van der Waals surface area contributed by atoms with Gasteiger partial charge in [-0.05, 0) is 42.7 Å². The zero-order chi connectivity index (χ0) is 18.2. The van der Waals surface area contributed by atoms with Gasteiger partial charge in [-0.1, -0.05) is 43.7 Å². The summed E-state index contributed by atoms with van der Waals surface area (Å²) < 4.78 is 5.68. The van der Waals surface area contributed by atoms with Crippen LogP contribution < -0.4 is 4.74 Å². The molecule has 0 radical (unpaired) electrons. The summed E-state index contributed by atoms with van der Waals surface area (Å²) in [5.41, 5.74) is 2.11. The standard InChI is InChI=1S/C22H27NO2S/c1-2-3-16-25-20-11-9-19(10-12-20)22(24)23-14-13-21(26-17-15-23)18-7-5-4-6-8-18/h4-12,21H,2-3,13-17H2,1H3. The molecule has 2 aromatic carbocycles. The third kappa shape index (κ3) is 5.04. The highest BCUT2D eigenvalue weighted by Crippen LogP contribution is 2.34. The molecule has 1 aliphatic heterocycles. The van der Waals surface area contributed by atoms with Crippen LogP contribution in [0.3, 0.4) is 0 Å². The molecule has 3 rings (SSSR count). The number of hydrogen-bond acceptors (Lipinski definition) is 3. The molecule has 0 N–H and O–H groups in total. The van der Waals surface area contributed by atoms with Gasteiger partial charge in [0.05, 0.1) is 6.61 Å². The van der Waals surface area contributed by atoms with E-state index in [0.717, 1.165) is 56.0 Å².